The highest BCUT2D eigenvalue weighted by atomic mass is 16.6. The summed E-state index contributed by atoms with van der Waals surface area (Å²) in [5, 5.41) is 3.62. The molecule has 0 radical (unpaired) electrons. The summed E-state index contributed by atoms with van der Waals surface area (Å²) in [5.74, 6) is -0.657. The molecule has 31 heavy (non-hydrogen) atoms. The fraction of sp³-hybridized carbons (Fsp3) is 0.478. The van der Waals surface area contributed by atoms with Crippen molar-refractivity contribution in [2.24, 2.45) is 5.41 Å². The monoisotopic (exact) mass is 427 g/mol. The van der Waals surface area contributed by atoms with Crippen molar-refractivity contribution < 1.29 is 18.8 Å². The molecule has 1 aromatic heterocycles. The summed E-state index contributed by atoms with van der Waals surface area (Å²) < 4.78 is 11.7. The number of allylic oxidation sites excluding steroid dienone is 2. The summed E-state index contributed by atoms with van der Waals surface area (Å²) in [7, 11) is 0. The normalized spacial score (nSPS) is 21.6. The number of esters is 1. The summed E-state index contributed by atoms with van der Waals surface area (Å²) in [5.41, 5.74) is -1.03. The zero-order chi connectivity index (χ0) is 22.8. The highest BCUT2D eigenvalue weighted by molar-refractivity contribution is 5.99. The van der Waals surface area contributed by atoms with E-state index < -0.39 is 28.9 Å². The number of ether oxygens (including phenoxy) is 1. The molecular formula is C23H29N3O5. The van der Waals surface area contributed by atoms with Gasteiger partial charge in [-0.3, -0.25) is 18.8 Å². The van der Waals surface area contributed by atoms with Crippen molar-refractivity contribution >= 4 is 11.9 Å². The summed E-state index contributed by atoms with van der Waals surface area (Å²) in [6, 6.07) is 8.92. The summed E-state index contributed by atoms with van der Waals surface area (Å²) in [6.07, 6.45) is 3.96. The van der Waals surface area contributed by atoms with Gasteiger partial charge in [0.25, 0.3) is 5.91 Å². The van der Waals surface area contributed by atoms with Crippen LogP contribution in [0.2, 0.25) is 0 Å². The lowest BCUT2D eigenvalue weighted by atomic mass is 9.88. The van der Waals surface area contributed by atoms with Crippen LogP contribution < -0.4 is 5.76 Å². The first-order chi connectivity index (χ1) is 14.6. The van der Waals surface area contributed by atoms with Gasteiger partial charge in [-0.05, 0) is 38.8 Å². The van der Waals surface area contributed by atoms with Crippen molar-refractivity contribution in [1.29, 1.82) is 0 Å². The van der Waals surface area contributed by atoms with E-state index in [2.05, 4.69) is 9.68 Å². The van der Waals surface area contributed by atoms with E-state index in [-0.39, 0.29) is 5.91 Å². The van der Waals surface area contributed by atoms with E-state index in [9.17, 15) is 14.4 Å². The minimum Gasteiger partial charge on any atom is -0.439 e. The molecule has 2 atom stereocenters. The van der Waals surface area contributed by atoms with Crippen LogP contribution in [-0.2, 0) is 16.1 Å². The van der Waals surface area contributed by atoms with Gasteiger partial charge in [-0.25, -0.2) is 9.59 Å². The maximum atomic E-state index is 13.4. The zero-order valence-electron chi connectivity index (χ0n) is 18.6. The Kier molecular flexibility index (Phi) is 6.20. The molecule has 1 amide bonds. The first-order valence-corrected chi connectivity index (χ1v) is 10.3. The Morgan fingerprint density at radius 2 is 1.87 bits per heavy atom. The number of nitrogens with zero attached hydrogens (tertiary/aromatic N) is 3. The van der Waals surface area contributed by atoms with Crippen LogP contribution in [0.25, 0.3) is 0 Å². The average Bonchev–Trinajstić information content (AvgIpc) is 3.18. The highest BCUT2D eigenvalue weighted by Crippen LogP contribution is 2.41. The van der Waals surface area contributed by atoms with Crippen molar-refractivity contribution in [1.82, 2.24) is 14.6 Å². The van der Waals surface area contributed by atoms with E-state index in [1.165, 1.54) is 4.57 Å². The van der Waals surface area contributed by atoms with Gasteiger partial charge in [0.1, 0.15) is 5.54 Å². The van der Waals surface area contributed by atoms with Gasteiger partial charge in [0, 0.05) is 17.5 Å². The number of aromatic nitrogens is 2. The standard InChI is InChI=1S/C23H29N3O5/c1-16-24-31-21(29)25(16)15-11-7-10-14-23(5)20(28)30-19(22(2,3)4)26(23)18(27)17-12-8-6-9-13-17/h6-9,11-13,19H,10,14-15H2,1-5H3/t19-,23?/m1/s1. The summed E-state index contributed by atoms with van der Waals surface area (Å²) >= 11 is 0. The molecular weight excluding hydrogens is 398 g/mol. The summed E-state index contributed by atoms with van der Waals surface area (Å²) in [6.45, 7) is 9.60. The number of carbonyl (C=O) groups excluding carboxylic acids is 2. The zero-order valence-corrected chi connectivity index (χ0v) is 18.6. The third-order valence-electron chi connectivity index (χ3n) is 5.52. The number of cyclic esters (lactones) is 1. The van der Waals surface area contributed by atoms with E-state index in [4.69, 9.17) is 4.74 Å². The number of amides is 1. The molecule has 8 heteroatoms. The second kappa shape index (κ2) is 8.53. The van der Waals surface area contributed by atoms with Gasteiger partial charge < -0.3 is 4.74 Å². The molecule has 1 unspecified atom stereocenters. The van der Waals surface area contributed by atoms with E-state index in [1.807, 2.05) is 39.0 Å². The second-order valence-corrected chi connectivity index (χ2v) is 9.06. The molecule has 166 valence electrons. The molecule has 2 aromatic rings. The quantitative estimate of drug-likeness (QED) is 0.519. The lowest BCUT2D eigenvalue weighted by Gasteiger charge is -2.38. The molecule has 1 fully saturated rings. The van der Waals surface area contributed by atoms with E-state index in [0.717, 1.165) is 0 Å². The Balaban J connectivity index is 1.80. The maximum absolute atomic E-state index is 13.4. The van der Waals surface area contributed by atoms with E-state index in [1.54, 1.807) is 43.0 Å². The largest absolute Gasteiger partial charge is 0.441 e. The topological polar surface area (TPSA) is 94.6 Å². The fourth-order valence-electron chi connectivity index (χ4n) is 3.68. The minimum absolute atomic E-state index is 0.232. The van der Waals surface area contributed by atoms with Crippen LogP contribution in [0, 0.1) is 12.3 Å². The second-order valence-electron chi connectivity index (χ2n) is 9.06. The molecule has 0 aliphatic carbocycles. The van der Waals surface area contributed by atoms with Gasteiger partial charge in [-0.15, -0.1) is 0 Å². The number of aryl methyl sites for hydroxylation is 1. The predicted molar refractivity (Wildman–Crippen MR) is 114 cm³/mol. The molecule has 1 saturated heterocycles. The number of benzene rings is 1. The van der Waals surface area contributed by atoms with E-state index >= 15 is 0 Å². The maximum Gasteiger partial charge on any atom is 0.441 e. The van der Waals surface area contributed by atoms with Gasteiger partial charge in [-0.2, -0.15) is 0 Å². The Labute approximate surface area is 181 Å². The van der Waals surface area contributed by atoms with Crippen LogP contribution in [0.15, 0.2) is 51.8 Å². The SMILES string of the molecule is Cc1noc(=O)n1CC=CCCC1(C)C(=O)O[C@H](C(C)(C)C)N1C(=O)c1ccccc1. The number of hydrogen-bond donors (Lipinski definition) is 0. The van der Waals surface area contributed by atoms with Gasteiger partial charge in [0.2, 0.25) is 0 Å². The number of rotatable bonds is 6. The lowest BCUT2D eigenvalue weighted by molar-refractivity contribution is -0.148. The first kappa shape index (κ1) is 22.5. The smallest absolute Gasteiger partial charge is 0.439 e. The van der Waals surface area contributed by atoms with Crippen LogP contribution in [-0.4, -0.2) is 38.3 Å². The molecule has 1 aromatic carbocycles. The van der Waals surface area contributed by atoms with Crippen molar-refractivity contribution in [3.8, 4) is 0 Å². The molecule has 8 nitrogen and oxygen atoms in total. The molecule has 0 spiro atoms. The number of hydrogen-bond acceptors (Lipinski definition) is 6. The Morgan fingerprint density at radius 1 is 1.19 bits per heavy atom. The first-order valence-electron chi connectivity index (χ1n) is 10.3. The number of carbonyl (C=O) groups is 2. The van der Waals surface area contributed by atoms with Crippen LogP contribution in [0.4, 0.5) is 0 Å². The highest BCUT2D eigenvalue weighted by Gasteiger charge is 2.57. The van der Waals surface area contributed by atoms with Gasteiger partial charge in [0.05, 0.1) is 0 Å². The van der Waals surface area contributed by atoms with E-state index in [0.29, 0.717) is 30.8 Å². The average molecular weight is 428 g/mol. The minimum atomic E-state index is -1.10. The third kappa shape index (κ3) is 4.47. The van der Waals surface area contributed by atoms with Gasteiger partial charge >= 0.3 is 11.7 Å². The third-order valence-corrected chi connectivity index (χ3v) is 5.52. The lowest BCUT2D eigenvalue weighted by Crippen LogP contribution is -2.54. The molecule has 1 aliphatic heterocycles. The Morgan fingerprint density at radius 3 is 2.45 bits per heavy atom. The van der Waals surface area contributed by atoms with Gasteiger partial charge in [0.15, 0.2) is 12.1 Å². The molecule has 0 bridgehead atoms. The van der Waals surface area contributed by atoms with Crippen molar-refractivity contribution in [3.05, 3.63) is 64.4 Å². The van der Waals surface area contributed by atoms with Crippen LogP contribution in [0.5, 0.6) is 0 Å². The summed E-state index contributed by atoms with van der Waals surface area (Å²) in [4.78, 5) is 39.5. The fourth-order valence-corrected chi connectivity index (χ4v) is 3.68. The van der Waals surface area contributed by atoms with Crippen LogP contribution in [0.3, 0.4) is 0 Å². The van der Waals surface area contributed by atoms with Crippen molar-refractivity contribution in [2.45, 2.75) is 65.8 Å². The van der Waals surface area contributed by atoms with Crippen LogP contribution >= 0.6 is 0 Å². The van der Waals surface area contributed by atoms with Crippen molar-refractivity contribution in [3.63, 3.8) is 0 Å². The predicted octanol–water partition coefficient (Wildman–Crippen LogP) is 3.31. The molecule has 1 aliphatic rings. The Bertz CT molecular complexity index is 1030. The molecule has 2 heterocycles. The Hall–Kier alpha value is -3.16. The molecule has 0 N–H and O–H groups in total. The van der Waals surface area contributed by atoms with Crippen molar-refractivity contribution in [2.75, 3.05) is 0 Å². The van der Waals surface area contributed by atoms with Gasteiger partial charge in [-0.1, -0.05) is 56.3 Å². The van der Waals surface area contributed by atoms with Crippen LogP contribution in [0.1, 0.15) is 56.7 Å². The molecule has 0 saturated carbocycles. The molecule has 3 rings (SSSR count).